The highest BCUT2D eigenvalue weighted by molar-refractivity contribution is 6.29. The number of nitrogens with zero attached hydrogens (tertiary/aromatic N) is 3. The molecular formula is C13H20ClN3O. The van der Waals surface area contributed by atoms with Gasteiger partial charge in [-0.15, -0.1) is 0 Å². The van der Waals surface area contributed by atoms with E-state index in [-0.39, 0.29) is 0 Å². The van der Waals surface area contributed by atoms with Gasteiger partial charge in [0.15, 0.2) is 0 Å². The van der Waals surface area contributed by atoms with Crippen molar-refractivity contribution < 1.29 is 4.74 Å². The molecule has 1 fully saturated rings. The van der Waals surface area contributed by atoms with Crippen molar-refractivity contribution in [1.29, 1.82) is 0 Å². The first-order valence-electron chi connectivity index (χ1n) is 6.51. The van der Waals surface area contributed by atoms with E-state index in [0.29, 0.717) is 11.3 Å². The summed E-state index contributed by atoms with van der Waals surface area (Å²) in [6, 6.07) is 1.78. The molecule has 1 unspecified atom stereocenters. The standard InChI is InChI=1S/C13H20ClN3O/c1-3-11-8-17(5-4-6-18-11)9-13-15-10(2)7-12(14)16-13/h7,11H,3-6,8-9H2,1-2H3. The van der Waals surface area contributed by atoms with Crippen LogP contribution >= 0.6 is 11.6 Å². The quantitative estimate of drug-likeness (QED) is 0.790. The smallest absolute Gasteiger partial charge is 0.144 e. The maximum atomic E-state index is 5.96. The monoisotopic (exact) mass is 269 g/mol. The highest BCUT2D eigenvalue weighted by Crippen LogP contribution is 2.13. The predicted octanol–water partition coefficient (Wildman–Crippen LogP) is 2.44. The third-order valence-electron chi connectivity index (χ3n) is 3.12. The van der Waals surface area contributed by atoms with Crippen LogP contribution in [0.5, 0.6) is 0 Å². The Morgan fingerprint density at radius 1 is 1.50 bits per heavy atom. The lowest BCUT2D eigenvalue weighted by Crippen LogP contribution is -2.31. The van der Waals surface area contributed by atoms with Gasteiger partial charge in [0.25, 0.3) is 0 Å². The van der Waals surface area contributed by atoms with Crippen molar-refractivity contribution in [3.05, 3.63) is 22.7 Å². The summed E-state index contributed by atoms with van der Waals surface area (Å²) in [7, 11) is 0. The second-order valence-corrected chi connectivity index (χ2v) is 5.13. The minimum absolute atomic E-state index is 0.327. The molecule has 0 bridgehead atoms. The van der Waals surface area contributed by atoms with Gasteiger partial charge in [-0.3, -0.25) is 4.90 Å². The van der Waals surface area contributed by atoms with Gasteiger partial charge < -0.3 is 4.74 Å². The van der Waals surface area contributed by atoms with Gasteiger partial charge in [0, 0.05) is 25.4 Å². The van der Waals surface area contributed by atoms with E-state index in [1.54, 1.807) is 6.07 Å². The van der Waals surface area contributed by atoms with E-state index < -0.39 is 0 Å². The number of halogens is 1. The molecule has 100 valence electrons. The lowest BCUT2D eigenvalue weighted by atomic mass is 10.2. The molecule has 0 aliphatic carbocycles. The SMILES string of the molecule is CCC1CN(Cc2nc(C)cc(Cl)n2)CCCO1. The molecule has 0 saturated carbocycles. The van der Waals surface area contributed by atoms with Crippen LogP contribution in [0.25, 0.3) is 0 Å². The molecule has 5 heteroatoms. The van der Waals surface area contributed by atoms with Gasteiger partial charge in [-0.1, -0.05) is 18.5 Å². The van der Waals surface area contributed by atoms with Crippen LogP contribution in [0, 0.1) is 6.92 Å². The van der Waals surface area contributed by atoms with Crippen LogP contribution in [-0.2, 0) is 11.3 Å². The number of aromatic nitrogens is 2. The summed E-state index contributed by atoms with van der Waals surface area (Å²) in [5, 5.41) is 0.524. The van der Waals surface area contributed by atoms with E-state index in [1.807, 2.05) is 6.92 Å². The van der Waals surface area contributed by atoms with Crippen molar-refractivity contribution in [2.24, 2.45) is 0 Å². The molecule has 4 nitrogen and oxygen atoms in total. The van der Waals surface area contributed by atoms with Gasteiger partial charge >= 0.3 is 0 Å². The van der Waals surface area contributed by atoms with E-state index in [4.69, 9.17) is 16.3 Å². The number of rotatable bonds is 3. The maximum absolute atomic E-state index is 5.96. The molecule has 18 heavy (non-hydrogen) atoms. The van der Waals surface area contributed by atoms with Crippen molar-refractivity contribution in [3.8, 4) is 0 Å². The minimum atomic E-state index is 0.327. The van der Waals surface area contributed by atoms with Crippen molar-refractivity contribution in [1.82, 2.24) is 14.9 Å². The van der Waals surface area contributed by atoms with Crippen LogP contribution in [0.15, 0.2) is 6.07 Å². The van der Waals surface area contributed by atoms with Gasteiger partial charge in [0.05, 0.1) is 12.6 Å². The summed E-state index contributed by atoms with van der Waals surface area (Å²) in [6.07, 6.45) is 2.44. The highest BCUT2D eigenvalue weighted by atomic mass is 35.5. The lowest BCUT2D eigenvalue weighted by Gasteiger charge is -2.22. The van der Waals surface area contributed by atoms with Crippen molar-refractivity contribution in [3.63, 3.8) is 0 Å². The van der Waals surface area contributed by atoms with Crippen molar-refractivity contribution in [2.45, 2.75) is 39.3 Å². The van der Waals surface area contributed by atoms with Gasteiger partial charge in [0.1, 0.15) is 11.0 Å². The Morgan fingerprint density at radius 3 is 3.06 bits per heavy atom. The number of hydrogen-bond acceptors (Lipinski definition) is 4. The van der Waals surface area contributed by atoms with Crippen LogP contribution in [0.3, 0.4) is 0 Å². The Kier molecular flexibility index (Phi) is 4.92. The molecular weight excluding hydrogens is 250 g/mol. The first-order valence-corrected chi connectivity index (χ1v) is 6.89. The summed E-state index contributed by atoms with van der Waals surface area (Å²) < 4.78 is 5.76. The molecule has 1 aliphatic rings. The number of ether oxygens (including phenoxy) is 1. The largest absolute Gasteiger partial charge is 0.377 e. The average molecular weight is 270 g/mol. The molecule has 1 aromatic heterocycles. The van der Waals surface area contributed by atoms with Crippen LogP contribution in [-0.4, -0.2) is 40.7 Å². The third-order valence-corrected chi connectivity index (χ3v) is 3.32. The number of hydrogen-bond donors (Lipinski definition) is 0. The molecule has 1 saturated heterocycles. The zero-order valence-electron chi connectivity index (χ0n) is 11.0. The summed E-state index contributed by atoms with van der Waals surface area (Å²) in [6.45, 7) is 7.69. The van der Waals surface area contributed by atoms with E-state index in [9.17, 15) is 0 Å². The van der Waals surface area contributed by atoms with Crippen molar-refractivity contribution in [2.75, 3.05) is 19.7 Å². The van der Waals surface area contributed by atoms with Crippen LogP contribution in [0.1, 0.15) is 31.3 Å². The summed E-state index contributed by atoms with van der Waals surface area (Å²) in [4.78, 5) is 11.1. The zero-order chi connectivity index (χ0) is 13.0. The molecule has 0 spiro atoms. The molecule has 0 aromatic carbocycles. The van der Waals surface area contributed by atoms with Gasteiger partial charge in [-0.2, -0.15) is 0 Å². The molecule has 0 N–H and O–H groups in total. The Hall–Kier alpha value is -0.710. The second-order valence-electron chi connectivity index (χ2n) is 4.74. The molecule has 1 aliphatic heterocycles. The normalized spacial score (nSPS) is 21.8. The van der Waals surface area contributed by atoms with Gasteiger partial charge in [0.2, 0.25) is 0 Å². The first kappa shape index (κ1) is 13.7. The lowest BCUT2D eigenvalue weighted by molar-refractivity contribution is 0.0507. The Bertz CT molecular complexity index is 380. The van der Waals surface area contributed by atoms with E-state index in [1.165, 1.54) is 0 Å². The van der Waals surface area contributed by atoms with E-state index in [0.717, 1.165) is 50.6 Å². The van der Waals surface area contributed by atoms with Crippen LogP contribution in [0.2, 0.25) is 5.15 Å². The van der Waals surface area contributed by atoms with Crippen molar-refractivity contribution >= 4 is 11.6 Å². The average Bonchev–Trinajstić information content (AvgIpc) is 2.52. The molecule has 0 amide bonds. The molecule has 1 atom stereocenters. The predicted molar refractivity (Wildman–Crippen MR) is 71.7 cm³/mol. The number of aryl methyl sites for hydroxylation is 1. The molecule has 1 aromatic rings. The highest BCUT2D eigenvalue weighted by Gasteiger charge is 2.18. The molecule has 2 rings (SSSR count). The summed E-state index contributed by atoms with van der Waals surface area (Å²) >= 11 is 5.96. The van der Waals surface area contributed by atoms with Crippen LogP contribution < -0.4 is 0 Å². The molecule has 2 heterocycles. The third kappa shape index (κ3) is 3.90. The van der Waals surface area contributed by atoms with E-state index in [2.05, 4.69) is 21.8 Å². The Balaban J connectivity index is 2.02. The topological polar surface area (TPSA) is 38.2 Å². The fourth-order valence-electron chi connectivity index (χ4n) is 2.22. The maximum Gasteiger partial charge on any atom is 0.144 e. The Labute approximate surface area is 113 Å². The van der Waals surface area contributed by atoms with Crippen LogP contribution in [0.4, 0.5) is 0 Å². The minimum Gasteiger partial charge on any atom is -0.377 e. The summed E-state index contributed by atoms with van der Waals surface area (Å²) in [5.74, 6) is 0.803. The zero-order valence-corrected chi connectivity index (χ0v) is 11.8. The second kappa shape index (κ2) is 6.45. The summed E-state index contributed by atoms with van der Waals surface area (Å²) in [5.41, 5.74) is 0.920. The first-order chi connectivity index (χ1) is 8.67. The van der Waals surface area contributed by atoms with Gasteiger partial charge in [-0.25, -0.2) is 9.97 Å². The Morgan fingerprint density at radius 2 is 2.33 bits per heavy atom. The van der Waals surface area contributed by atoms with Gasteiger partial charge in [-0.05, 0) is 25.8 Å². The molecule has 0 radical (unpaired) electrons. The fraction of sp³-hybridized carbons (Fsp3) is 0.692. The fourth-order valence-corrected chi connectivity index (χ4v) is 2.48. The van der Waals surface area contributed by atoms with E-state index >= 15 is 0 Å².